The van der Waals surface area contributed by atoms with Crippen molar-refractivity contribution >= 4 is 44.4 Å². The Hall–Kier alpha value is -3.19. The lowest BCUT2D eigenvalue weighted by atomic mass is 10.1. The average molecular weight is 376 g/mol. The second kappa shape index (κ2) is 6.21. The molecule has 1 aliphatic heterocycles. The van der Waals surface area contributed by atoms with Crippen LogP contribution in [0.25, 0.3) is 21.1 Å². The van der Waals surface area contributed by atoms with E-state index in [1.807, 2.05) is 54.7 Å². The van der Waals surface area contributed by atoms with Crippen molar-refractivity contribution in [3.05, 3.63) is 65.3 Å². The lowest BCUT2D eigenvalue weighted by Gasteiger charge is -2.11. The number of para-hydroxylation sites is 2. The van der Waals surface area contributed by atoms with Crippen molar-refractivity contribution < 1.29 is 9.59 Å². The lowest BCUT2D eigenvalue weighted by Crippen LogP contribution is -2.32. The zero-order valence-corrected chi connectivity index (χ0v) is 15.1. The number of urea groups is 1. The molecule has 2 N–H and O–H groups in total. The second-order valence-corrected chi connectivity index (χ2v) is 7.68. The summed E-state index contributed by atoms with van der Waals surface area (Å²) in [5.74, 6) is -0.204. The Morgan fingerprint density at radius 2 is 1.89 bits per heavy atom. The highest BCUT2D eigenvalue weighted by molar-refractivity contribution is 7.18. The molecular weight excluding hydrogens is 360 g/mol. The number of hydrogen-bond acceptors (Lipinski definition) is 4. The number of hydrogen-bond donors (Lipinski definition) is 2. The van der Waals surface area contributed by atoms with Gasteiger partial charge in [0.25, 0.3) is 5.91 Å². The van der Waals surface area contributed by atoms with E-state index < -0.39 is 6.04 Å². The Morgan fingerprint density at radius 1 is 1.07 bits per heavy atom. The van der Waals surface area contributed by atoms with Gasteiger partial charge in [-0.2, -0.15) is 0 Å². The predicted octanol–water partition coefficient (Wildman–Crippen LogP) is 3.44. The molecule has 1 aliphatic rings. The van der Waals surface area contributed by atoms with Gasteiger partial charge in [-0.3, -0.25) is 9.69 Å². The van der Waals surface area contributed by atoms with E-state index in [4.69, 9.17) is 0 Å². The predicted molar refractivity (Wildman–Crippen MR) is 104 cm³/mol. The summed E-state index contributed by atoms with van der Waals surface area (Å²) >= 11 is 1.51. The van der Waals surface area contributed by atoms with Crippen molar-refractivity contribution in [1.82, 2.24) is 20.2 Å². The number of nitrogens with one attached hydrogen (secondary N) is 2. The summed E-state index contributed by atoms with van der Waals surface area (Å²) in [7, 11) is 0. The van der Waals surface area contributed by atoms with Gasteiger partial charge in [-0.1, -0.05) is 30.3 Å². The Labute approximate surface area is 158 Å². The minimum atomic E-state index is -0.550. The number of rotatable bonds is 4. The molecule has 2 aromatic carbocycles. The van der Waals surface area contributed by atoms with E-state index >= 15 is 0 Å². The van der Waals surface area contributed by atoms with E-state index in [9.17, 15) is 9.59 Å². The van der Waals surface area contributed by atoms with Crippen LogP contribution in [0.1, 0.15) is 10.6 Å². The first kappa shape index (κ1) is 16.0. The SMILES string of the molecule is O=C1N[C@H](Cc2c[nH]c3ccccc23)C(=O)N1Cc1nc2ccccc2s1. The molecule has 1 atom stereocenters. The van der Waals surface area contributed by atoms with Gasteiger partial charge in [-0.05, 0) is 23.8 Å². The number of fused-ring (bicyclic) bond motifs is 2. The summed E-state index contributed by atoms with van der Waals surface area (Å²) in [6, 6.07) is 14.8. The van der Waals surface area contributed by atoms with Crippen molar-refractivity contribution in [2.45, 2.75) is 19.0 Å². The van der Waals surface area contributed by atoms with Crippen LogP contribution in [0.2, 0.25) is 0 Å². The van der Waals surface area contributed by atoms with E-state index in [0.29, 0.717) is 6.42 Å². The molecule has 134 valence electrons. The summed E-state index contributed by atoms with van der Waals surface area (Å²) in [5.41, 5.74) is 2.93. The van der Waals surface area contributed by atoms with Crippen LogP contribution in [0.5, 0.6) is 0 Å². The topological polar surface area (TPSA) is 78.1 Å². The van der Waals surface area contributed by atoms with E-state index in [2.05, 4.69) is 15.3 Å². The van der Waals surface area contributed by atoms with Gasteiger partial charge < -0.3 is 10.3 Å². The summed E-state index contributed by atoms with van der Waals surface area (Å²) in [6.45, 7) is 0.203. The van der Waals surface area contributed by atoms with Crippen LogP contribution in [-0.4, -0.2) is 32.8 Å². The largest absolute Gasteiger partial charge is 0.361 e. The molecule has 3 heterocycles. The maximum absolute atomic E-state index is 12.8. The van der Waals surface area contributed by atoms with Crippen LogP contribution in [0, 0.1) is 0 Å². The lowest BCUT2D eigenvalue weighted by molar-refractivity contribution is -0.127. The smallest absolute Gasteiger partial charge is 0.325 e. The van der Waals surface area contributed by atoms with Crippen LogP contribution in [-0.2, 0) is 17.8 Å². The first-order valence-corrected chi connectivity index (χ1v) is 9.52. The van der Waals surface area contributed by atoms with Crippen LogP contribution >= 0.6 is 11.3 Å². The molecule has 3 amide bonds. The first-order chi connectivity index (χ1) is 13.2. The molecule has 0 saturated carbocycles. The van der Waals surface area contributed by atoms with Gasteiger partial charge in [-0.25, -0.2) is 9.78 Å². The highest BCUT2D eigenvalue weighted by Crippen LogP contribution is 2.25. The molecule has 0 spiro atoms. The minimum absolute atomic E-state index is 0.203. The number of H-pyrrole nitrogens is 1. The summed E-state index contributed by atoms with van der Waals surface area (Å²) in [5, 5.41) is 4.64. The third-order valence-corrected chi connectivity index (χ3v) is 5.86. The van der Waals surface area contributed by atoms with E-state index in [1.54, 1.807) is 0 Å². The van der Waals surface area contributed by atoms with Gasteiger partial charge in [-0.15, -0.1) is 11.3 Å². The normalized spacial score (nSPS) is 17.2. The van der Waals surface area contributed by atoms with E-state index in [-0.39, 0.29) is 18.5 Å². The van der Waals surface area contributed by atoms with Gasteiger partial charge in [0.15, 0.2) is 0 Å². The molecule has 1 fully saturated rings. The van der Waals surface area contributed by atoms with Crippen LogP contribution in [0.15, 0.2) is 54.7 Å². The fraction of sp³-hybridized carbons (Fsp3) is 0.150. The molecular formula is C20H16N4O2S. The number of carbonyl (C=O) groups is 2. The van der Waals surface area contributed by atoms with Crippen molar-refractivity contribution in [2.75, 3.05) is 0 Å². The number of carbonyl (C=O) groups excluding carboxylic acids is 2. The Kier molecular flexibility index (Phi) is 3.68. The Bertz CT molecular complexity index is 1150. The highest BCUT2D eigenvalue weighted by Gasteiger charge is 2.38. The maximum Gasteiger partial charge on any atom is 0.325 e. The van der Waals surface area contributed by atoms with Crippen LogP contribution in [0.3, 0.4) is 0 Å². The van der Waals surface area contributed by atoms with Crippen molar-refractivity contribution in [2.24, 2.45) is 0 Å². The Morgan fingerprint density at radius 3 is 2.78 bits per heavy atom. The van der Waals surface area contributed by atoms with Gasteiger partial charge in [0.05, 0.1) is 16.8 Å². The number of imide groups is 1. The third kappa shape index (κ3) is 2.76. The molecule has 2 aromatic heterocycles. The average Bonchev–Trinajstić information content (AvgIpc) is 3.35. The zero-order chi connectivity index (χ0) is 18.4. The number of amides is 3. The quantitative estimate of drug-likeness (QED) is 0.536. The van der Waals surface area contributed by atoms with Gasteiger partial charge >= 0.3 is 6.03 Å². The number of aromatic nitrogens is 2. The van der Waals surface area contributed by atoms with Gasteiger partial charge in [0.1, 0.15) is 11.0 Å². The number of thiazole rings is 1. The molecule has 1 saturated heterocycles. The van der Waals surface area contributed by atoms with Crippen molar-refractivity contribution in [3.8, 4) is 0 Å². The molecule has 6 nitrogen and oxygen atoms in total. The third-order valence-electron chi connectivity index (χ3n) is 4.84. The monoisotopic (exact) mass is 376 g/mol. The molecule has 0 bridgehead atoms. The zero-order valence-electron chi connectivity index (χ0n) is 14.3. The standard InChI is InChI=1S/C20H16N4O2S/c25-19-16(9-12-10-21-14-6-2-1-5-13(12)14)23-20(26)24(19)11-18-22-15-7-3-4-8-17(15)27-18/h1-8,10,16,21H,9,11H2,(H,23,26)/t16-/m1/s1. The number of benzene rings is 2. The van der Waals surface area contributed by atoms with Crippen molar-refractivity contribution in [3.63, 3.8) is 0 Å². The summed E-state index contributed by atoms with van der Waals surface area (Å²) in [6.07, 6.45) is 2.37. The molecule has 27 heavy (non-hydrogen) atoms. The molecule has 0 unspecified atom stereocenters. The van der Waals surface area contributed by atoms with E-state index in [0.717, 1.165) is 31.7 Å². The number of nitrogens with zero attached hydrogens (tertiary/aromatic N) is 2. The van der Waals surface area contributed by atoms with E-state index in [1.165, 1.54) is 16.2 Å². The summed E-state index contributed by atoms with van der Waals surface area (Å²) in [4.78, 5) is 34.2. The van der Waals surface area contributed by atoms with Crippen molar-refractivity contribution in [1.29, 1.82) is 0 Å². The van der Waals surface area contributed by atoms with Gasteiger partial charge in [0.2, 0.25) is 0 Å². The first-order valence-electron chi connectivity index (χ1n) is 8.70. The fourth-order valence-electron chi connectivity index (χ4n) is 3.51. The number of aromatic amines is 1. The fourth-order valence-corrected chi connectivity index (χ4v) is 4.46. The van der Waals surface area contributed by atoms with Crippen LogP contribution < -0.4 is 5.32 Å². The highest BCUT2D eigenvalue weighted by atomic mass is 32.1. The molecule has 4 aromatic rings. The molecule has 7 heteroatoms. The molecule has 5 rings (SSSR count). The second-order valence-electron chi connectivity index (χ2n) is 6.57. The van der Waals surface area contributed by atoms with Gasteiger partial charge in [0, 0.05) is 23.5 Å². The molecule has 0 aliphatic carbocycles. The molecule has 0 radical (unpaired) electrons. The Balaban J connectivity index is 1.36. The summed E-state index contributed by atoms with van der Waals surface area (Å²) < 4.78 is 1.05. The van der Waals surface area contributed by atoms with Crippen LogP contribution in [0.4, 0.5) is 4.79 Å². The minimum Gasteiger partial charge on any atom is -0.361 e. The maximum atomic E-state index is 12.8.